The highest BCUT2D eigenvalue weighted by molar-refractivity contribution is 7.20. The molecule has 0 atom stereocenters. The Kier molecular flexibility index (Phi) is 3.01. The number of aromatic nitrogens is 2. The molecule has 0 spiro atoms. The summed E-state index contributed by atoms with van der Waals surface area (Å²) < 4.78 is 1.02. The molecule has 0 aromatic carbocycles. The van der Waals surface area contributed by atoms with Gasteiger partial charge in [0.1, 0.15) is 4.70 Å². The number of nitrogen functional groups attached to an aromatic ring is 1. The van der Waals surface area contributed by atoms with E-state index in [4.69, 9.17) is 5.73 Å². The Morgan fingerprint density at radius 1 is 1.50 bits per heavy atom. The maximum Gasteiger partial charge on any atom is 0.237 e. The number of anilines is 1. The van der Waals surface area contributed by atoms with Gasteiger partial charge in [0.05, 0.1) is 0 Å². The summed E-state index contributed by atoms with van der Waals surface area (Å²) in [6.07, 6.45) is 7.83. The Balaban J connectivity index is 2.59. The molecule has 0 amide bonds. The summed E-state index contributed by atoms with van der Waals surface area (Å²) in [5, 5.41) is 0. The molecule has 0 saturated heterocycles. The van der Waals surface area contributed by atoms with Gasteiger partial charge in [-0.3, -0.25) is 0 Å². The predicted octanol–water partition coefficient (Wildman–Crippen LogP) is 2.67. The molecule has 0 bridgehead atoms. The predicted molar refractivity (Wildman–Crippen MR) is 69.1 cm³/mol. The van der Waals surface area contributed by atoms with Gasteiger partial charge in [-0.2, -0.15) is 0 Å². The fraction of sp³-hybridized carbons (Fsp3) is 0.167. The van der Waals surface area contributed by atoms with Crippen molar-refractivity contribution in [1.82, 2.24) is 4.98 Å². The van der Waals surface area contributed by atoms with E-state index in [1.165, 1.54) is 10.5 Å². The van der Waals surface area contributed by atoms with Crippen LogP contribution in [0.25, 0.3) is 15.8 Å². The summed E-state index contributed by atoms with van der Waals surface area (Å²) in [6.45, 7) is 4.04. The highest BCUT2D eigenvalue weighted by atomic mass is 32.1. The van der Waals surface area contributed by atoms with E-state index < -0.39 is 0 Å². The molecular weight excluding hydrogens is 218 g/mol. The van der Waals surface area contributed by atoms with Gasteiger partial charge in [-0.25, -0.2) is 4.98 Å². The minimum Gasteiger partial charge on any atom is -0.317 e. The van der Waals surface area contributed by atoms with Gasteiger partial charge < -0.3 is 5.73 Å². The first-order valence-corrected chi connectivity index (χ1v) is 5.93. The van der Waals surface area contributed by atoms with Gasteiger partial charge in [0, 0.05) is 10.9 Å². The number of aromatic amines is 1. The first-order chi connectivity index (χ1) is 7.76. The fourth-order valence-corrected chi connectivity index (χ4v) is 2.63. The number of nitrogens with two attached hydrogens (primary N) is 1. The molecule has 3 nitrogen and oxygen atoms in total. The lowest BCUT2D eigenvalue weighted by atomic mass is 10.2. The van der Waals surface area contributed by atoms with Crippen molar-refractivity contribution in [1.29, 1.82) is 0 Å². The van der Waals surface area contributed by atoms with Crippen LogP contribution in [0.5, 0.6) is 0 Å². The quantitative estimate of drug-likeness (QED) is 0.809. The highest BCUT2D eigenvalue weighted by Crippen LogP contribution is 2.31. The second-order valence-electron chi connectivity index (χ2n) is 3.39. The Bertz CT molecular complexity index is 567. The zero-order valence-corrected chi connectivity index (χ0v) is 10.1. The van der Waals surface area contributed by atoms with Gasteiger partial charge in [0.2, 0.25) is 12.1 Å². The molecule has 0 saturated carbocycles. The van der Waals surface area contributed by atoms with Crippen LogP contribution in [0, 0.1) is 0 Å². The molecule has 0 aliphatic rings. The summed E-state index contributed by atoms with van der Waals surface area (Å²) in [5.74, 6) is 0.678. The number of nitrogens with one attached hydrogen (secondary N) is 1. The summed E-state index contributed by atoms with van der Waals surface area (Å²) in [6, 6.07) is 2.07. The maximum atomic E-state index is 5.86. The smallest absolute Gasteiger partial charge is 0.237 e. The third kappa shape index (κ3) is 1.84. The van der Waals surface area contributed by atoms with Crippen molar-refractivity contribution in [3.05, 3.63) is 35.5 Å². The van der Waals surface area contributed by atoms with Crippen LogP contribution in [0.2, 0.25) is 0 Å². The molecular formula is C12H14N3S+. The fourth-order valence-electron chi connectivity index (χ4n) is 1.55. The van der Waals surface area contributed by atoms with Gasteiger partial charge in [-0.1, -0.05) is 18.2 Å². The van der Waals surface area contributed by atoms with Crippen LogP contribution in [-0.4, -0.2) is 4.98 Å². The topological polar surface area (TPSA) is 53.0 Å². The molecule has 2 rings (SSSR count). The van der Waals surface area contributed by atoms with Crippen LogP contribution in [-0.2, 0) is 0 Å². The van der Waals surface area contributed by atoms with E-state index in [0.29, 0.717) is 5.82 Å². The first kappa shape index (κ1) is 10.8. The SMILES string of the molecule is CC=CC(=CC)c1cc2nc[nH+]c(N)c2s1. The Hall–Kier alpha value is -1.68. The summed E-state index contributed by atoms with van der Waals surface area (Å²) in [4.78, 5) is 8.37. The van der Waals surface area contributed by atoms with Crippen molar-refractivity contribution in [2.45, 2.75) is 13.8 Å². The average Bonchev–Trinajstić information content (AvgIpc) is 2.71. The lowest BCUT2D eigenvalue weighted by molar-refractivity contribution is -0.363. The molecule has 0 aliphatic carbocycles. The number of hydrogen-bond acceptors (Lipinski definition) is 3. The third-order valence-corrected chi connectivity index (χ3v) is 3.53. The zero-order valence-electron chi connectivity index (χ0n) is 9.32. The normalized spacial score (nSPS) is 12.8. The third-order valence-electron chi connectivity index (χ3n) is 2.32. The van der Waals surface area contributed by atoms with Crippen molar-refractivity contribution in [2.75, 3.05) is 5.73 Å². The molecule has 16 heavy (non-hydrogen) atoms. The molecule has 0 fully saturated rings. The second-order valence-corrected chi connectivity index (χ2v) is 4.44. The van der Waals surface area contributed by atoms with E-state index in [-0.39, 0.29) is 0 Å². The first-order valence-electron chi connectivity index (χ1n) is 5.11. The van der Waals surface area contributed by atoms with Gasteiger partial charge in [-0.05, 0) is 19.4 Å². The second kappa shape index (κ2) is 4.45. The summed E-state index contributed by atoms with van der Waals surface area (Å²) in [7, 11) is 0. The molecule has 0 radical (unpaired) electrons. The monoisotopic (exact) mass is 232 g/mol. The Morgan fingerprint density at radius 2 is 2.31 bits per heavy atom. The average molecular weight is 232 g/mol. The van der Waals surface area contributed by atoms with Crippen LogP contribution in [0.1, 0.15) is 18.7 Å². The summed E-state index contributed by atoms with van der Waals surface area (Å²) >= 11 is 1.66. The van der Waals surface area contributed by atoms with E-state index >= 15 is 0 Å². The number of rotatable bonds is 2. The number of thiophene rings is 1. The van der Waals surface area contributed by atoms with Gasteiger partial charge in [0.25, 0.3) is 0 Å². The largest absolute Gasteiger partial charge is 0.317 e. The van der Waals surface area contributed by atoms with E-state index in [9.17, 15) is 0 Å². The van der Waals surface area contributed by atoms with Crippen molar-refractivity contribution < 1.29 is 4.98 Å². The van der Waals surface area contributed by atoms with Crippen LogP contribution >= 0.6 is 11.3 Å². The number of H-pyrrole nitrogens is 1. The molecule has 2 aromatic rings. The van der Waals surface area contributed by atoms with Crippen molar-refractivity contribution in [2.24, 2.45) is 0 Å². The van der Waals surface area contributed by atoms with Gasteiger partial charge in [0.15, 0.2) is 5.52 Å². The summed E-state index contributed by atoms with van der Waals surface area (Å²) in [5.41, 5.74) is 8.01. The van der Waals surface area contributed by atoms with Gasteiger partial charge >= 0.3 is 0 Å². The molecule has 2 heterocycles. The molecule has 4 heteroatoms. The van der Waals surface area contributed by atoms with E-state index in [0.717, 1.165) is 10.2 Å². The van der Waals surface area contributed by atoms with Crippen molar-refractivity contribution >= 4 is 32.9 Å². The van der Waals surface area contributed by atoms with E-state index in [1.54, 1.807) is 17.7 Å². The van der Waals surface area contributed by atoms with Crippen molar-refractivity contribution in [3.63, 3.8) is 0 Å². The standard InChI is InChI=1S/C12H13N3S/c1-3-5-8(4-2)10-6-9-11(16-10)12(13)15-7-14-9/h3-7H,1-2H3,(H2,13,14,15)/p+1. The van der Waals surface area contributed by atoms with Crippen LogP contribution in [0.15, 0.2) is 30.6 Å². The lowest BCUT2D eigenvalue weighted by Crippen LogP contribution is -2.09. The Labute approximate surface area is 98.3 Å². The minimum atomic E-state index is 0.678. The minimum absolute atomic E-state index is 0.678. The number of nitrogens with zero attached hydrogens (tertiary/aromatic N) is 1. The zero-order chi connectivity index (χ0) is 11.5. The van der Waals surface area contributed by atoms with E-state index in [2.05, 4.69) is 28.2 Å². The molecule has 3 N–H and O–H groups in total. The lowest BCUT2D eigenvalue weighted by Gasteiger charge is -1.94. The van der Waals surface area contributed by atoms with Gasteiger partial charge in [-0.15, -0.1) is 16.3 Å². The van der Waals surface area contributed by atoms with Crippen LogP contribution in [0.3, 0.4) is 0 Å². The Morgan fingerprint density at radius 3 is 2.94 bits per heavy atom. The molecule has 0 unspecified atom stereocenters. The van der Waals surface area contributed by atoms with Crippen LogP contribution < -0.4 is 10.7 Å². The number of hydrogen-bond donors (Lipinski definition) is 1. The molecule has 2 aromatic heterocycles. The maximum absolute atomic E-state index is 5.86. The highest BCUT2D eigenvalue weighted by Gasteiger charge is 2.11. The van der Waals surface area contributed by atoms with Crippen molar-refractivity contribution in [3.8, 4) is 0 Å². The van der Waals surface area contributed by atoms with E-state index in [1.807, 2.05) is 19.9 Å². The molecule has 82 valence electrons. The van der Waals surface area contributed by atoms with Crippen LogP contribution in [0.4, 0.5) is 5.82 Å². The number of allylic oxidation sites excluding steroid dienone is 4. The number of fused-ring (bicyclic) bond motifs is 1. The molecule has 0 aliphatic heterocycles.